The van der Waals surface area contributed by atoms with Crippen molar-refractivity contribution < 1.29 is 15.8 Å². The van der Waals surface area contributed by atoms with Crippen molar-refractivity contribution in [2.75, 3.05) is 5.32 Å². The van der Waals surface area contributed by atoms with Crippen LogP contribution in [0.3, 0.4) is 0 Å². The van der Waals surface area contributed by atoms with E-state index in [0.29, 0.717) is 17.1 Å². The average molecular weight is 399 g/mol. The molecule has 3 amide bonds. The number of carbonyl (C=O) groups excluding carboxylic acids is 3. The number of anilines is 1. The lowest BCUT2D eigenvalue weighted by Crippen LogP contribution is -2.52. The Bertz CT molecular complexity index is 1040. The van der Waals surface area contributed by atoms with Gasteiger partial charge in [-0.05, 0) is 42.7 Å². The van der Waals surface area contributed by atoms with E-state index in [2.05, 4.69) is 10.6 Å². The Labute approximate surface area is 169 Å². The summed E-state index contributed by atoms with van der Waals surface area (Å²) in [5.74, 6) is -1.54. The van der Waals surface area contributed by atoms with E-state index in [9.17, 15) is 14.4 Å². The molecule has 4 rings (SSSR count). The Morgan fingerprint density at radius 2 is 2.11 bits per heavy atom. The Balaban J connectivity index is 1.57. The summed E-state index contributed by atoms with van der Waals surface area (Å²) in [5.41, 5.74) is 3.98. The maximum absolute atomic E-state index is 12.9. The lowest BCUT2D eigenvalue weighted by atomic mass is 10.0. The predicted molar refractivity (Wildman–Crippen MR) is 106 cm³/mol. The van der Waals surface area contributed by atoms with Gasteiger partial charge in [0, 0.05) is 41.3 Å². The Kier molecular flexibility index (Phi) is 4.49. The van der Waals surface area contributed by atoms with Crippen molar-refractivity contribution >= 4 is 35.0 Å². The van der Waals surface area contributed by atoms with Crippen LogP contribution in [-0.2, 0) is 22.7 Å². The van der Waals surface area contributed by atoms with Crippen LogP contribution in [0.2, 0.25) is 5.02 Å². The van der Waals surface area contributed by atoms with Gasteiger partial charge < -0.3 is 10.2 Å². The monoisotopic (exact) mass is 398 g/mol. The molecule has 0 saturated carbocycles. The number of fused-ring (bicyclic) bond motifs is 1. The highest BCUT2D eigenvalue weighted by molar-refractivity contribution is 6.31. The minimum absolute atomic E-state index is 0.0119. The predicted octanol–water partition coefficient (Wildman–Crippen LogP) is 3.02. The van der Waals surface area contributed by atoms with Crippen molar-refractivity contribution in [3.8, 4) is 0 Å². The molecule has 0 spiro atoms. The number of hydrogen-bond acceptors (Lipinski definition) is 4. The van der Waals surface area contributed by atoms with Gasteiger partial charge in [-0.25, -0.2) is 0 Å². The van der Waals surface area contributed by atoms with Gasteiger partial charge in [0.05, 0.1) is 1.37 Å². The van der Waals surface area contributed by atoms with E-state index in [1.165, 1.54) is 4.90 Å². The zero-order chi connectivity index (χ0) is 20.8. The van der Waals surface area contributed by atoms with Crippen LogP contribution < -0.4 is 10.6 Å². The number of nitrogens with one attached hydrogen (secondary N) is 2. The van der Waals surface area contributed by atoms with Crippen molar-refractivity contribution in [1.82, 2.24) is 10.2 Å². The molecule has 2 heterocycles. The first-order valence-electron chi connectivity index (χ1n) is 9.56. The fourth-order valence-corrected chi connectivity index (χ4v) is 3.73. The Morgan fingerprint density at radius 3 is 2.86 bits per heavy atom. The van der Waals surface area contributed by atoms with Gasteiger partial charge in [0.1, 0.15) is 6.02 Å². The van der Waals surface area contributed by atoms with E-state index >= 15 is 0 Å². The fourth-order valence-electron chi connectivity index (χ4n) is 3.52. The lowest BCUT2D eigenvalue weighted by molar-refractivity contribution is -0.136. The molecule has 144 valence electrons. The summed E-state index contributed by atoms with van der Waals surface area (Å²) in [6.45, 7) is 2.60. The second kappa shape index (κ2) is 7.28. The number of hydrogen-bond donors (Lipinski definition) is 2. The molecule has 1 atom stereocenters. The molecule has 6 nitrogen and oxygen atoms in total. The number of amides is 3. The molecule has 2 aliphatic rings. The highest BCUT2D eigenvalue weighted by Gasteiger charge is 2.39. The number of aryl methyl sites for hydroxylation is 1. The van der Waals surface area contributed by atoms with Gasteiger partial charge in [0.15, 0.2) is 0 Å². The van der Waals surface area contributed by atoms with E-state index in [-0.39, 0.29) is 25.3 Å². The summed E-state index contributed by atoms with van der Waals surface area (Å²) in [6.07, 6.45) is 0.0245. The van der Waals surface area contributed by atoms with Gasteiger partial charge in [0.2, 0.25) is 11.8 Å². The Morgan fingerprint density at radius 1 is 1.29 bits per heavy atom. The molecule has 0 aliphatic carbocycles. The lowest BCUT2D eigenvalue weighted by Gasteiger charge is -2.29. The maximum Gasteiger partial charge on any atom is 0.255 e. The summed E-state index contributed by atoms with van der Waals surface area (Å²) < 4.78 is 8.58. The van der Waals surface area contributed by atoms with Crippen LogP contribution in [0.25, 0.3) is 0 Å². The van der Waals surface area contributed by atoms with Crippen LogP contribution in [0.4, 0.5) is 5.69 Å². The molecular formula is C21H20ClN3O3. The van der Waals surface area contributed by atoms with Crippen LogP contribution in [0.15, 0.2) is 36.4 Å². The van der Waals surface area contributed by atoms with Crippen molar-refractivity contribution in [3.05, 3.63) is 63.7 Å². The van der Waals surface area contributed by atoms with Gasteiger partial charge in [-0.3, -0.25) is 19.7 Å². The van der Waals surface area contributed by atoms with Crippen LogP contribution in [0.1, 0.15) is 41.3 Å². The molecule has 0 unspecified atom stereocenters. The molecule has 1 fully saturated rings. The topological polar surface area (TPSA) is 78.5 Å². The van der Waals surface area contributed by atoms with Gasteiger partial charge in [-0.15, -0.1) is 0 Å². The van der Waals surface area contributed by atoms with Gasteiger partial charge >= 0.3 is 0 Å². The van der Waals surface area contributed by atoms with Crippen LogP contribution in [0, 0.1) is 6.92 Å². The molecule has 2 N–H and O–H groups in total. The Hall–Kier alpha value is -2.86. The van der Waals surface area contributed by atoms with Crippen molar-refractivity contribution in [2.24, 2.45) is 0 Å². The summed E-state index contributed by atoms with van der Waals surface area (Å²) in [4.78, 5) is 38.0. The molecule has 0 bridgehead atoms. The van der Waals surface area contributed by atoms with Crippen molar-refractivity contribution in [3.63, 3.8) is 0 Å². The van der Waals surface area contributed by atoms with E-state index < -0.39 is 17.8 Å². The zero-order valence-corrected chi connectivity index (χ0v) is 16.1. The molecule has 7 heteroatoms. The van der Waals surface area contributed by atoms with Crippen LogP contribution in [-0.4, -0.2) is 28.6 Å². The highest BCUT2D eigenvalue weighted by Crippen LogP contribution is 2.32. The highest BCUT2D eigenvalue weighted by atomic mass is 35.5. The standard InChI is InChI=1S/C21H20ClN3O3/c1-12-5-6-13(9-16(12)22)10-23-17-4-2-3-14-15(17)11-25(21(14)28)18-7-8-19(26)24-20(18)27/h2-6,9,18,23H,7-8,10-11H2,1H3,(H,24,26,27)/t18-/m0/s1/i18D. The number of carbonyl (C=O) groups is 3. The minimum atomic E-state index is -1.79. The third-order valence-corrected chi connectivity index (χ3v) is 5.52. The average Bonchev–Trinajstić information content (AvgIpc) is 3.04. The maximum atomic E-state index is 12.9. The summed E-state index contributed by atoms with van der Waals surface area (Å²) in [5, 5.41) is 6.20. The first kappa shape index (κ1) is 17.3. The number of nitrogens with zero attached hydrogens (tertiary/aromatic N) is 1. The quantitative estimate of drug-likeness (QED) is 0.776. The molecule has 0 radical (unpaired) electrons. The normalized spacial score (nSPS) is 22.0. The number of benzene rings is 2. The molecular weight excluding hydrogens is 378 g/mol. The smallest absolute Gasteiger partial charge is 0.255 e. The SMILES string of the molecule is [2H][C@]1(N2Cc3c(NCc4ccc(C)c(Cl)c4)cccc3C2=O)CCC(=O)NC1=O. The summed E-state index contributed by atoms with van der Waals surface area (Å²) >= 11 is 6.19. The molecule has 2 aromatic carbocycles. The van der Waals surface area contributed by atoms with E-state index in [1.54, 1.807) is 12.1 Å². The van der Waals surface area contributed by atoms with Crippen molar-refractivity contribution in [1.29, 1.82) is 0 Å². The van der Waals surface area contributed by atoms with E-state index in [4.69, 9.17) is 13.0 Å². The van der Waals surface area contributed by atoms with Gasteiger partial charge in [-0.2, -0.15) is 0 Å². The summed E-state index contributed by atoms with van der Waals surface area (Å²) in [6, 6.07) is 9.38. The van der Waals surface area contributed by atoms with Crippen LogP contribution >= 0.6 is 11.6 Å². The van der Waals surface area contributed by atoms with Gasteiger partial charge in [0.25, 0.3) is 5.91 Å². The number of rotatable bonds is 4. The van der Waals surface area contributed by atoms with Gasteiger partial charge in [-0.1, -0.05) is 29.8 Å². The minimum Gasteiger partial charge on any atom is -0.381 e. The van der Waals surface area contributed by atoms with E-state index in [0.717, 1.165) is 22.4 Å². The fraction of sp³-hybridized carbons (Fsp3) is 0.286. The zero-order valence-electron chi connectivity index (χ0n) is 16.3. The largest absolute Gasteiger partial charge is 0.381 e. The second-order valence-corrected chi connectivity index (χ2v) is 7.39. The number of halogens is 1. The second-order valence-electron chi connectivity index (χ2n) is 6.98. The number of imide groups is 1. The number of piperidine rings is 1. The first-order chi connectivity index (χ1) is 13.8. The molecule has 28 heavy (non-hydrogen) atoms. The summed E-state index contributed by atoms with van der Waals surface area (Å²) in [7, 11) is 0. The third kappa shape index (κ3) is 3.36. The molecule has 2 aromatic rings. The van der Waals surface area contributed by atoms with Crippen molar-refractivity contribution in [2.45, 2.75) is 38.9 Å². The van der Waals surface area contributed by atoms with E-state index in [1.807, 2.05) is 31.2 Å². The third-order valence-electron chi connectivity index (χ3n) is 5.12. The molecule has 0 aromatic heterocycles. The molecule has 1 saturated heterocycles. The molecule has 2 aliphatic heterocycles. The first-order valence-corrected chi connectivity index (χ1v) is 9.44. The van der Waals surface area contributed by atoms with Crippen LogP contribution in [0.5, 0.6) is 0 Å².